The van der Waals surface area contributed by atoms with Crippen LogP contribution in [0.25, 0.3) is 0 Å². The minimum absolute atomic E-state index is 0.101. The highest BCUT2D eigenvalue weighted by atomic mass is 35.5. The molecule has 2 aromatic carbocycles. The first kappa shape index (κ1) is 16.7. The third-order valence-electron chi connectivity index (χ3n) is 3.01. The Balaban J connectivity index is 1.55. The first-order chi connectivity index (χ1) is 11.6. The average Bonchev–Trinajstić information content (AvgIpc) is 3.04. The van der Waals surface area contributed by atoms with Gasteiger partial charge in [0, 0.05) is 16.3 Å². The zero-order chi connectivity index (χ0) is 16.9. The lowest BCUT2D eigenvalue weighted by atomic mass is 10.2. The highest BCUT2D eigenvalue weighted by Gasteiger charge is 2.11. The van der Waals surface area contributed by atoms with Crippen LogP contribution in [0.5, 0.6) is 5.75 Å². The molecule has 0 amide bonds. The van der Waals surface area contributed by atoms with Crippen molar-refractivity contribution in [1.29, 1.82) is 0 Å². The SMILES string of the molecule is Fc1cccc(CSc2nnc(COc3ccc(Cl)cc3)o2)c1F. The standard InChI is InChI=1S/C16H11ClF2N2O2S/c17-11-4-6-12(7-5-11)22-8-14-20-21-16(23-14)24-9-10-2-1-3-13(18)15(10)19/h1-7H,8-9H2. The maximum atomic E-state index is 13.6. The van der Waals surface area contributed by atoms with Gasteiger partial charge in [-0.15, -0.1) is 10.2 Å². The number of thioether (sulfide) groups is 1. The fourth-order valence-corrected chi connectivity index (χ4v) is 2.71. The second-order valence-corrected chi connectivity index (χ2v) is 6.07. The van der Waals surface area contributed by atoms with E-state index in [4.69, 9.17) is 20.8 Å². The van der Waals surface area contributed by atoms with E-state index in [2.05, 4.69) is 10.2 Å². The van der Waals surface area contributed by atoms with E-state index in [1.165, 1.54) is 12.1 Å². The van der Waals surface area contributed by atoms with E-state index in [1.54, 1.807) is 24.3 Å². The second-order valence-electron chi connectivity index (χ2n) is 4.71. The molecule has 0 bridgehead atoms. The van der Waals surface area contributed by atoms with E-state index in [0.717, 1.165) is 17.8 Å². The van der Waals surface area contributed by atoms with Crippen LogP contribution in [0.15, 0.2) is 52.1 Å². The van der Waals surface area contributed by atoms with Crippen molar-refractivity contribution < 1.29 is 17.9 Å². The molecule has 24 heavy (non-hydrogen) atoms. The van der Waals surface area contributed by atoms with E-state index in [1.807, 2.05) is 0 Å². The van der Waals surface area contributed by atoms with Gasteiger partial charge in [0.15, 0.2) is 18.2 Å². The van der Waals surface area contributed by atoms with Gasteiger partial charge in [-0.25, -0.2) is 8.78 Å². The zero-order valence-corrected chi connectivity index (χ0v) is 13.8. The summed E-state index contributed by atoms with van der Waals surface area (Å²) in [4.78, 5) is 0. The largest absolute Gasteiger partial charge is 0.484 e. The van der Waals surface area contributed by atoms with Gasteiger partial charge < -0.3 is 9.15 Å². The van der Waals surface area contributed by atoms with Crippen molar-refractivity contribution in [3.63, 3.8) is 0 Å². The molecule has 0 unspecified atom stereocenters. The van der Waals surface area contributed by atoms with E-state index < -0.39 is 11.6 Å². The normalized spacial score (nSPS) is 10.8. The van der Waals surface area contributed by atoms with Gasteiger partial charge in [-0.05, 0) is 30.3 Å². The predicted octanol–water partition coefficient (Wildman–Crippen LogP) is 4.87. The molecule has 3 rings (SSSR count). The topological polar surface area (TPSA) is 48.2 Å². The maximum absolute atomic E-state index is 13.6. The molecular formula is C16H11ClF2N2O2S. The number of nitrogens with zero attached hydrogens (tertiary/aromatic N) is 2. The summed E-state index contributed by atoms with van der Waals surface area (Å²) in [7, 11) is 0. The lowest BCUT2D eigenvalue weighted by Crippen LogP contribution is -1.95. The summed E-state index contributed by atoms with van der Waals surface area (Å²) in [5.41, 5.74) is 0.233. The maximum Gasteiger partial charge on any atom is 0.277 e. The van der Waals surface area contributed by atoms with Gasteiger partial charge in [-0.2, -0.15) is 0 Å². The molecule has 4 nitrogen and oxygen atoms in total. The van der Waals surface area contributed by atoms with Crippen LogP contribution in [0.2, 0.25) is 5.02 Å². The Morgan fingerprint density at radius 2 is 1.88 bits per heavy atom. The summed E-state index contributed by atoms with van der Waals surface area (Å²) < 4.78 is 37.6. The molecule has 0 N–H and O–H groups in total. The molecule has 0 aliphatic carbocycles. The minimum atomic E-state index is -0.879. The van der Waals surface area contributed by atoms with Crippen molar-refractivity contribution in [2.75, 3.05) is 0 Å². The molecule has 0 saturated carbocycles. The molecule has 3 aromatic rings. The fraction of sp³-hybridized carbons (Fsp3) is 0.125. The summed E-state index contributed by atoms with van der Waals surface area (Å²) in [6.07, 6.45) is 0. The van der Waals surface area contributed by atoms with Crippen LogP contribution in [0.1, 0.15) is 11.5 Å². The van der Waals surface area contributed by atoms with Gasteiger partial charge in [0.1, 0.15) is 5.75 Å². The Hall–Kier alpha value is -2.12. The number of hydrogen-bond acceptors (Lipinski definition) is 5. The monoisotopic (exact) mass is 368 g/mol. The Morgan fingerprint density at radius 1 is 1.08 bits per heavy atom. The number of halogens is 3. The highest BCUT2D eigenvalue weighted by Crippen LogP contribution is 2.24. The molecule has 0 fully saturated rings. The molecule has 0 spiro atoms. The highest BCUT2D eigenvalue weighted by molar-refractivity contribution is 7.98. The quantitative estimate of drug-likeness (QED) is 0.581. The lowest BCUT2D eigenvalue weighted by Gasteiger charge is -2.02. The zero-order valence-electron chi connectivity index (χ0n) is 12.2. The first-order valence-electron chi connectivity index (χ1n) is 6.88. The van der Waals surface area contributed by atoms with Gasteiger partial charge in [0.05, 0.1) is 0 Å². The Kier molecular flexibility index (Phi) is 5.32. The number of benzene rings is 2. The first-order valence-corrected chi connectivity index (χ1v) is 8.24. The summed E-state index contributed by atoms with van der Waals surface area (Å²) in [6.45, 7) is 0.101. The van der Waals surface area contributed by atoms with Crippen LogP contribution in [-0.4, -0.2) is 10.2 Å². The van der Waals surface area contributed by atoms with Crippen LogP contribution < -0.4 is 4.74 Å². The third kappa shape index (κ3) is 4.24. The van der Waals surface area contributed by atoms with Gasteiger partial charge in [0.25, 0.3) is 11.1 Å². The van der Waals surface area contributed by atoms with Crippen molar-refractivity contribution in [2.45, 2.75) is 17.6 Å². The molecule has 0 saturated heterocycles. The average molecular weight is 369 g/mol. The second kappa shape index (κ2) is 7.63. The number of hydrogen-bond donors (Lipinski definition) is 0. The third-order valence-corrected chi connectivity index (χ3v) is 4.13. The van der Waals surface area contributed by atoms with Crippen molar-refractivity contribution in [2.24, 2.45) is 0 Å². The molecular weight excluding hydrogens is 358 g/mol. The summed E-state index contributed by atoms with van der Waals surface area (Å²) >= 11 is 6.91. The molecule has 1 heterocycles. The Morgan fingerprint density at radius 3 is 2.67 bits per heavy atom. The Labute approximate surface area is 145 Å². The molecule has 0 aliphatic rings. The van der Waals surface area contributed by atoms with Crippen molar-refractivity contribution >= 4 is 23.4 Å². The van der Waals surface area contributed by atoms with Gasteiger partial charge in [-0.3, -0.25) is 0 Å². The van der Waals surface area contributed by atoms with Gasteiger partial charge >= 0.3 is 0 Å². The van der Waals surface area contributed by atoms with Crippen LogP contribution >= 0.6 is 23.4 Å². The van der Waals surface area contributed by atoms with Gasteiger partial charge in [0.2, 0.25) is 0 Å². The number of aromatic nitrogens is 2. The molecule has 0 aliphatic heterocycles. The van der Waals surface area contributed by atoms with E-state index >= 15 is 0 Å². The summed E-state index contributed by atoms with van der Waals surface area (Å²) in [5, 5.41) is 8.56. The van der Waals surface area contributed by atoms with E-state index in [-0.39, 0.29) is 29.0 Å². The van der Waals surface area contributed by atoms with Crippen LogP contribution in [-0.2, 0) is 12.4 Å². The molecule has 8 heteroatoms. The molecule has 0 radical (unpaired) electrons. The predicted molar refractivity (Wildman–Crippen MR) is 86.0 cm³/mol. The molecule has 1 aromatic heterocycles. The summed E-state index contributed by atoms with van der Waals surface area (Å²) in [5.74, 6) is -0.657. The molecule has 124 valence electrons. The smallest absolute Gasteiger partial charge is 0.277 e. The van der Waals surface area contributed by atoms with Crippen molar-refractivity contribution in [1.82, 2.24) is 10.2 Å². The minimum Gasteiger partial charge on any atom is -0.484 e. The molecule has 0 atom stereocenters. The number of ether oxygens (including phenoxy) is 1. The van der Waals surface area contributed by atoms with Crippen molar-refractivity contribution in [3.05, 3.63) is 70.6 Å². The van der Waals surface area contributed by atoms with E-state index in [0.29, 0.717) is 10.8 Å². The van der Waals surface area contributed by atoms with E-state index in [9.17, 15) is 8.78 Å². The fourth-order valence-electron chi connectivity index (χ4n) is 1.83. The van der Waals surface area contributed by atoms with Crippen LogP contribution in [0.3, 0.4) is 0 Å². The summed E-state index contributed by atoms with van der Waals surface area (Å²) in [6, 6.07) is 10.9. The van der Waals surface area contributed by atoms with Crippen LogP contribution in [0.4, 0.5) is 8.78 Å². The van der Waals surface area contributed by atoms with Gasteiger partial charge in [-0.1, -0.05) is 35.5 Å². The lowest BCUT2D eigenvalue weighted by molar-refractivity contribution is 0.252. The Bertz CT molecular complexity index is 827. The van der Waals surface area contributed by atoms with Crippen LogP contribution in [0, 0.1) is 11.6 Å². The number of rotatable bonds is 6. The van der Waals surface area contributed by atoms with Crippen molar-refractivity contribution in [3.8, 4) is 5.75 Å².